The smallest absolute Gasteiger partial charge is 0.315 e. The Morgan fingerprint density at radius 2 is 1.69 bits per heavy atom. The van der Waals surface area contributed by atoms with Crippen LogP contribution in [0.1, 0.15) is 32.6 Å². The first-order valence-electron chi connectivity index (χ1n) is 4.63. The molecule has 1 aliphatic rings. The van der Waals surface area contributed by atoms with Gasteiger partial charge in [0.1, 0.15) is 0 Å². The monoisotopic (exact) mass is 195 g/mol. The van der Waals surface area contributed by atoms with E-state index in [2.05, 4.69) is 5.32 Å². The summed E-state index contributed by atoms with van der Waals surface area (Å²) in [4.78, 5) is 0. The second-order valence-corrected chi connectivity index (χ2v) is 4.13. The standard InChI is InChI=1S/C9H16F3N/c1-8(13-2)5-3-7(4-6-8)9(10,11)12/h7,13H,3-6H2,1-2H3. The van der Waals surface area contributed by atoms with Gasteiger partial charge in [0, 0.05) is 5.54 Å². The van der Waals surface area contributed by atoms with E-state index >= 15 is 0 Å². The minimum absolute atomic E-state index is 0.0816. The second kappa shape index (κ2) is 3.48. The van der Waals surface area contributed by atoms with Crippen LogP contribution in [0.4, 0.5) is 13.2 Å². The minimum Gasteiger partial charge on any atom is -0.315 e. The van der Waals surface area contributed by atoms with Gasteiger partial charge in [0.05, 0.1) is 5.92 Å². The lowest BCUT2D eigenvalue weighted by Crippen LogP contribution is -2.45. The third-order valence-corrected chi connectivity index (χ3v) is 3.16. The molecule has 1 rings (SSSR count). The molecule has 0 bridgehead atoms. The maximum Gasteiger partial charge on any atom is 0.391 e. The van der Waals surface area contributed by atoms with Crippen molar-refractivity contribution in [1.29, 1.82) is 0 Å². The summed E-state index contributed by atoms with van der Waals surface area (Å²) in [5, 5.41) is 3.08. The lowest BCUT2D eigenvalue weighted by atomic mass is 9.77. The zero-order valence-electron chi connectivity index (χ0n) is 8.04. The average Bonchev–Trinajstić information content (AvgIpc) is 2.04. The van der Waals surface area contributed by atoms with E-state index in [0.29, 0.717) is 12.8 Å². The minimum atomic E-state index is -3.99. The molecule has 0 radical (unpaired) electrons. The van der Waals surface area contributed by atoms with E-state index in [9.17, 15) is 13.2 Å². The van der Waals surface area contributed by atoms with Crippen LogP contribution in [0, 0.1) is 5.92 Å². The van der Waals surface area contributed by atoms with E-state index in [1.165, 1.54) is 0 Å². The number of halogens is 3. The molecule has 0 unspecified atom stereocenters. The lowest BCUT2D eigenvalue weighted by Gasteiger charge is -2.37. The number of hydrogen-bond acceptors (Lipinski definition) is 1. The zero-order chi connectivity index (χ0) is 10.1. The summed E-state index contributed by atoms with van der Waals surface area (Å²) in [6.45, 7) is 1.99. The summed E-state index contributed by atoms with van der Waals surface area (Å²) in [5.41, 5.74) is -0.0816. The summed E-state index contributed by atoms with van der Waals surface area (Å²) in [5.74, 6) is -1.08. The van der Waals surface area contributed by atoms with Gasteiger partial charge in [-0.3, -0.25) is 0 Å². The fourth-order valence-corrected chi connectivity index (χ4v) is 1.83. The van der Waals surface area contributed by atoms with Gasteiger partial charge in [0.15, 0.2) is 0 Å². The number of alkyl halides is 3. The molecular weight excluding hydrogens is 179 g/mol. The lowest BCUT2D eigenvalue weighted by molar-refractivity contribution is -0.184. The summed E-state index contributed by atoms with van der Waals surface area (Å²) >= 11 is 0. The molecule has 1 nitrogen and oxygen atoms in total. The predicted molar refractivity (Wildman–Crippen MR) is 45.5 cm³/mol. The van der Waals surface area contributed by atoms with Crippen molar-refractivity contribution in [3.8, 4) is 0 Å². The topological polar surface area (TPSA) is 12.0 Å². The normalized spacial score (nSPS) is 36.2. The molecule has 0 spiro atoms. The molecule has 78 valence electrons. The van der Waals surface area contributed by atoms with Crippen molar-refractivity contribution in [2.45, 2.75) is 44.3 Å². The molecule has 0 aromatic carbocycles. The molecule has 0 aromatic heterocycles. The molecule has 0 amide bonds. The van der Waals surface area contributed by atoms with Gasteiger partial charge in [-0.1, -0.05) is 0 Å². The van der Waals surface area contributed by atoms with Gasteiger partial charge in [-0.05, 0) is 39.7 Å². The van der Waals surface area contributed by atoms with E-state index < -0.39 is 12.1 Å². The van der Waals surface area contributed by atoms with Gasteiger partial charge < -0.3 is 5.32 Å². The number of hydrogen-bond donors (Lipinski definition) is 1. The van der Waals surface area contributed by atoms with Crippen LogP contribution in [-0.4, -0.2) is 18.8 Å². The first-order chi connectivity index (χ1) is 5.87. The van der Waals surface area contributed by atoms with Crippen molar-refractivity contribution in [3.05, 3.63) is 0 Å². The van der Waals surface area contributed by atoms with Gasteiger partial charge in [0.2, 0.25) is 0 Å². The Bertz CT molecular complexity index is 168. The Kier molecular flexibility index (Phi) is 2.90. The van der Waals surface area contributed by atoms with Crippen LogP contribution in [0.2, 0.25) is 0 Å². The molecule has 1 saturated carbocycles. The van der Waals surface area contributed by atoms with E-state index in [1.807, 2.05) is 14.0 Å². The summed E-state index contributed by atoms with van der Waals surface area (Å²) in [6, 6.07) is 0. The van der Waals surface area contributed by atoms with Gasteiger partial charge in [0.25, 0.3) is 0 Å². The molecule has 1 aliphatic carbocycles. The Morgan fingerprint density at radius 3 is 2.00 bits per heavy atom. The van der Waals surface area contributed by atoms with Crippen molar-refractivity contribution in [3.63, 3.8) is 0 Å². The molecule has 0 aromatic rings. The van der Waals surface area contributed by atoms with Crippen molar-refractivity contribution >= 4 is 0 Å². The van der Waals surface area contributed by atoms with Crippen molar-refractivity contribution in [2.24, 2.45) is 5.92 Å². The molecule has 1 fully saturated rings. The van der Waals surface area contributed by atoms with E-state index in [-0.39, 0.29) is 18.4 Å². The third kappa shape index (κ3) is 2.59. The molecule has 13 heavy (non-hydrogen) atoms. The molecule has 0 atom stereocenters. The van der Waals surface area contributed by atoms with Crippen LogP contribution in [0.25, 0.3) is 0 Å². The maximum absolute atomic E-state index is 12.3. The molecule has 0 aliphatic heterocycles. The van der Waals surface area contributed by atoms with Gasteiger partial charge >= 0.3 is 6.18 Å². The second-order valence-electron chi connectivity index (χ2n) is 4.13. The summed E-state index contributed by atoms with van der Waals surface area (Å²) in [7, 11) is 1.81. The van der Waals surface area contributed by atoms with Crippen molar-refractivity contribution in [1.82, 2.24) is 5.32 Å². The molecule has 4 heteroatoms. The fourth-order valence-electron chi connectivity index (χ4n) is 1.83. The van der Waals surface area contributed by atoms with E-state index in [4.69, 9.17) is 0 Å². The van der Waals surface area contributed by atoms with Crippen molar-refractivity contribution < 1.29 is 13.2 Å². The highest BCUT2D eigenvalue weighted by atomic mass is 19.4. The highest BCUT2D eigenvalue weighted by Gasteiger charge is 2.43. The highest BCUT2D eigenvalue weighted by Crippen LogP contribution is 2.40. The van der Waals surface area contributed by atoms with E-state index in [0.717, 1.165) is 0 Å². The highest BCUT2D eigenvalue weighted by molar-refractivity contribution is 4.89. The number of nitrogens with one attached hydrogen (secondary N) is 1. The van der Waals surface area contributed by atoms with Crippen LogP contribution in [0.5, 0.6) is 0 Å². The van der Waals surface area contributed by atoms with Gasteiger partial charge in [-0.2, -0.15) is 13.2 Å². The Balaban J connectivity index is 2.48. The third-order valence-electron chi connectivity index (χ3n) is 3.16. The van der Waals surface area contributed by atoms with Gasteiger partial charge in [-0.25, -0.2) is 0 Å². The van der Waals surface area contributed by atoms with Crippen LogP contribution in [0.3, 0.4) is 0 Å². The Morgan fingerprint density at radius 1 is 1.23 bits per heavy atom. The first-order valence-corrected chi connectivity index (χ1v) is 4.63. The Hall–Kier alpha value is -0.250. The molecule has 0 heterocycles. The van der Waals surface area contributed by atoms with Gasteiger partial charge in [-0.15, -0.1) is 0 Å². The van der Waals surface area contributed by atoms with Crippen LogP contribution in [0.15, 0.2) is 0 Å². The average molecular weight is 195 g/mol. The Labute approximate surface area is 76.7 Å². The molecular formula is C9H16F3N. The summed E-state index contributed by atoms with van der Waals surface area (Å²) in [6.07, 6.45) is -2.22. The molecule has 1 N–H and O–H groups in total. The maximum atomic E-state index is 12.3. The zero-order valence-corrected chi connectivity index (χ0v) is 8.04. The number of rotatable bonds is 1. The van der Waals surface area contributed by atoms with E-state index in [1.54, 1.807) is 0 Å². The van der Waals surface area contributed by atoms with Crippen LogP contribution >= 0.6 is 0 Å². The largest absolute Gasteiger partial charge is 0.391 e. The molecule has 0 saturated heterocycles. The van der Waals surface area contributed by atoms with Crippen LogP contribution in [-0.2, 0) is 0 Å². The first kappa shape index (κ1) is 10.8. The summed E-state index contributed by atoms with van der Waals surface area (Å²) < 4.78 is 36.8. The van der Waals surface area contributed by atoms with Crippen LogP contribution < -0.4 is 5.32 Å². The fraction of sp³-hybridized carbons (Fsp3) is 1.00. The quantitative estimate of drug-likeness (QED) is 0.678. The predicted octanol–water partition coefficient (Wildman–Crippen LogP) is 2.72. The van der Waals surface area contributed by atoms with Crippen molar-refractivity contribution in [2.75, 3.05) is 7.05 Å². The SMILES string of the molecule is CNC1(C)CCC(C(F)(F)F)CC1.